The van der Waals surface area contributed by atoms with Crippen LogP contribution < -0.4 is 0 Å². The van der Waals surface area contributed by atoms with Crippen molar-refractivity contribution < 1.29 is 19.4 Å². The Balaban J connectivity index is 3.00. The van der Waals surface area contributed by atoms with E-state index in [-0.39, 0.29) is 5.82 Å². The summed E-state index contributed by atoms with van der Waals surface area (Å²) in [5.74, 6) is -3.83. The zero-order valence-corrected chi connectivity index (χ0v) is 11.8. The maximum absolute atomic E-state index is 11.8. The topological polar surface area (TPSA) is 89.4 Å². The third-order valence-corrected chi connectivity index (χ3v) is 2.20. The number of carboxylic acids is 1. The van der Waals surface area contributed by atoms with Crippen molar-refractivity contribution in [2.45, 2.75) is 32.3 Å². The van der Waals surface area contributed by atoms with E-state index >= 15 is 0 Å². The van der Waals surface area contributed by atoms with Crippen LogP contribution in [0.15, 0.2) is 16.9 Å². The number of carboxylic acid groups (broad SMARTS) is 1. The summed E-state index contributed by atoms with van der Waals surface area (Å²) in [5, 5.41) is 9.07. The van der Waals surface area contributed by atoms with Gasteiger partial charge in [0.15, 0.2) is 5.82 Å². The zero-order valence-electron chi connectivity index (χ0n) is 10.2. The third kappa shape index (κ3) is 4.06. The van der Waals surface area contributed by atoms with E-state index in [2.05, 4.69) is 25.9 Å². The van der Waals surface area contributed by atoms with Crippen LogP contribution in [-0.4, -0.2) is 32.6 Å². The van der Waals surface area contributed by atoms with Gasteiger partial charge in [-0.2, -0.15) is 0 Å². The fourth-order valence-electron chi connectivity index (χ4n) is 1.15. The van der Waals surface area contributed by atoms with Gasteiger partial charge < -0.3 is 9.84 Å². The average Bonchev–Trinajstić information content (AvgIpc) is 2.18. The Hall–Kier alpha value is -1.50. The highest BCUT2D eigenvalue weighted by Crippen LogP contribution is 2.19. The van der Waals surface area contributed by atoms with Crippen molar-refractivity contribution in [3.05, 3.63) is 22.7 Å². The molecule has 0 amide bonds. The van der Waals surface area contributed by atoms with Crippen LogP contribution in [0, 0.1) is 0 Å². The number of hydrogen-bond acceptors (Lipinski definition) is 5. The number of rotatable bonds is 3. The number of nitrogens with zero attached hydrogens (tertiary/aromatic N) is 2. The predicted octanol–water partition coefficient (Wildman–Crippen LogP) is 1.75. The molecule has 1 aromatic heterocycles. The van der Waals surface area contributed by atoms with Crippen LogP contribution in [-0.2, 0) is 14.3 Å². The first-order valence-electron chi connectivity index (χ1n) is 5.14. The lowest BCUT2D eigenvalue weighted by Gasteiger charge is -2.21. The quantitative estimate of drug-likeness (QED) is 0.675. The van der Waals surface area contributed by atoms with Crippen LogP contribution >= 0.6 is 15.9 Å². The number of aromatic nitrogens is 2. The van der Waals surface area contributed by atoms with Crippen molar-refractivity contribution in [3.8, 4) is 0 Å². The van der Waals surface area contributed by atoms with Crippen molar-refractivity contribution in [2.75, 3.05) is 0 Å². The standard InChI is InChI=1S/C11H13BrN2O4/c1-11(2,3)18-10(17)7(9(15)16)8-13-4-6(12)5-14-8/h4-5,7H,1-3H3,(H,15,16). The highest BCUT2D eigenvalue weighted by Gasteiger charge is 2.35. The molecule has 0 saturated heterocycles. The highest BCUT2D eigenvalue weighted by atomic mass is 79.9. The molecule has 0 aliphatic carbocycles. The Kier molecular flexibility index (Phi) is 4.39. The highest BCUT2D eigenvalue weighted by molar-refractivity contribution is 9.10. The summed E-state index contributed by atoms with van der Waals surface area (Å²) < 4.78 is 5.63. The van der Waals surface area contributed by atoms with Crippen molar-refractivity contribution in [1.82, 2.24) is 9.97 Å². The Bertz CT molecular complexity index is 453. The van der Waals surface area contributed by atoms with Gasteiger partial charge in [0.1, 0.15) is 5.60 Å². The van der Waals surface area contributed by atoms with Crippen LogP contribution in [0.2, 0.25) is 0 Å². The van der Waals surface area contributed by atoms with E-state index in [9.17, 15) is 9.59 Å². The Labute approximate surface area is 113 Å². The van der Waals surface area contributed by atoms with Gasteiger partial charge in [-0.25, -0.2) is 9.97 Å². The van der Waals surface area contributed by atoms with Crippen LogP contribution in [0.25, 0.3) is 0 Å². The normalized spacial score (nSPS) is 12.9. The Morgan fingerprint density at radius 3 is 2.22 bits per heavy atom. The molecule has 0 radical (unpaired) electrons. The van der Waals surface area contributed by atoms with Gasteiger partial charge in [0.2, 0.25) is 5.92 Å². The van der Waals surface area contributed by atoms with Gasteiger partial charge in [-0.3, -0.25) is 9.59 Å². The molecule has 0 aliphatic rings. The molecule has 0 fully saturated rings. The summed E-state index contributed by atoms with van der Waals surface area (Å²) in [5.41, 5.74) is -0.764. The SMILES string of the molecule is CC(C)(C)OC(=O)C(C(=O)O)c1ncc(Br)cn1. The molecule has 1 atom stereocenters. The molecule has 98 valence electrons. The lowest BCUT2D eigenvalue weighted by Crippen LogP contribution is -2.32. The van der Waals surface area contributed by atoms with E-state index in [0.29, 0.717) is 4.47 Å². The monoisotopic (exact) mass is 316 g/mol. The molecule has 0 bridgehead atoms. The summed E-state index contributed by atoms with van der Waals surface area (Å²) in [6.45, 7) is 4.98. The predicted molar refractivity (Wildman–Crippen MR) is 66.0 cm³/mol. The first-order chi connectivity index (χ1) is 8.20. The van der Waals surface area contributed by atoms with Gasteiger partial charge in [0.05, 0.1) is 4.47 Å². The van der Waals surface area contributed by atoms with Crippen molar-refractivity contribution in [2.24, 2.45) is 0 Å². The van der Waals surface area contributed by atoms with Gasteiger partial charge in [0.25, 0.3) is 0 Å². The van der Waals surface area contributed by atoms with Gasteiger partial charge >= 0.3 is 11.9 Å². The minimum absolute atomic E-state index is 0.0973. The summed E-state index contributed by atoms with van der Waals surface area (Å²) in [7, 11) is 0. The van der Waals surface area contributed by atoms with E-state index in [4.69, 9.17) is 9.84 Å². The van der Waals surface area contributed by atoms with Gasteiger partial charge in [-0.05, 0) is 36.7 Å². The molecule has 0 spiro atoms. The molecular weight excluding hydrogens is 304 g/mol. The second-order valence-electron chi connectivity index (χ2n) is 4.56. The molecule has 1 aromatic rings. The van der Waals surface area contributed by atoms with E-state index in [1.807, 2.05) is 0 Å². The smallest absolute Gasteiger partial charge is 0.328 e. The average molecular weight is 317 g/mol. The van der Waals surface area contributed by atoms with Gasteiger partial charge in [0, 0.05) is 12.4 Å². The number of carbonyl (C=O) groups is 2. The number of halogens is 1. The molecule has 0 aromatic carbocycles. The summed E-state index contributed by atoms with van der Waals surface area (Å²) >= 11 is 3.13. The summed E-state index contributed by atoms with van der Waals surface area (Å²) in [6, 6.07) is 0. The van der Waals surface area contributed by atoms with Crippen molar-refractivity contribution in [1.29, 1.82) is 0 Å². The number of hydrogen-bond donors (Lipinski definition) is 1. The fraction of sp³-hybridized carbons (Fsp3) is 0.455. The first kappa shape index (κ1) is 14.6. The second kappa shape index (κ2) is 5.43. The minimum atomic E-state index is -1.52. The minimum Gasteiger partial charge on any atom is -0.480 e. The molecule has 6 nitrogen and oxygen atoms in total. The lowest BCUT2D eigenvalue weighted by molar-refractivity contribution is -0.162. The molecule has 1 unspecified atom stereocenters. The van der Waals surface area contributed by atoms with Crippen LogP contribution in [0.5, 0.6) is 0 Å². The van der Waals surface area contributed by atoms with Crippen molar-refractivity contribution >= 4 is 27.9 Å². The summed E-state index contributed by atoms with van der Waals surface area (Å²) in [4.78, 5) is 30.5. The van der Waals surface area contributed by atoms with Gasteiger partial charge in [-0.1, -0.05) is 0 Å². The Morgan fingerprint density at radius 2 is 1.83 bits per heavy atom. The summed E-state index contributed by atoms with van der Waals surface area (Å²) in [6.07, 6.45) is 2.76. The number of ether oxygens (including phenoxy) is 1. The molecule has 18 heavy (non-hydrogen) atoms. The number of aliphatic carboxylic acids is 1. The molecule has 1 rings (SSSR count). The molecule has 0 aliphatic heterocycles. The molecule has 1 heterocycles. The van der Waals surface area contributed by atoms with Crippen LogP contribution in [0.4, 0.5) is 0 Å². The maximum atomic E-state index is 11.8. The van der Waals surface area contributed by atoms with Crippen LogP contribution in [0.1, 0.15) is 32.5 Å². The van der Waals surface area contributed by atoms with E-state index in [0.717, 1.165) is 0 Å². The third-order valence-electron chi connectivity index (χ3n) is 1.79. The van der Waals surface area contributed by atoms with E-state index in [1.165, 1.54) is 12.4 Å². The second-order valence-corrected chi connectivity index (χ2v) is 5.48. The van der Waals surface area contributed by atoms with E-state index in [1.54, 1.807) is 20.8 Å². The number of esters is 1. The molecule has 7 heteroatoms. The lowest BCUT2D eigenvalue weighted by atomic mass is 10.1. The zero-order chi connectivity index (χ0) is 13.9. The largest absolute Gasteiger partial charge is 0.480 e. The molecule has 1 N–H and O–H groups in total. The molecule has 0 saturated carbocycles. The number of carbonyl (C=O) groups excluding carboxylic acids is 1. The van der Waals surface area contributed by atoms with Crippen molar-refractivity contribution in [3.63, 3.8) is 0 Å². The fourth-order valence-corrected chi connectivity index (χ4v) is 1.35. The van der Waals surface area contributed by atoms with E-state index < -0.39 is 23.5 Å². The molecular formula is C11H13BrN2O4. The Morgan fingerprint density at radius 1 is 1.33 bits per heavy atom. The van der Waals surface area contributed by atoms with Gasteiger partial charge in [-0.15, -0.1) is 0 Å². The van der Waals surface area contributed by atoms with Crippen LogP contribution in [0.3, 0.4) is 0 Å². The maximum Gasteiger partial charge on any atom is 0.328 e. The first-order valence-corrected chi connectivity index (χ1v) is 5.93.